The molecule has 1 heterocycles. The molecule has 0 radical (unpaired) electrons. The van der Waals surface area contributed by atoms with Crippen molar-refractivity contribution in [3.63, 3.8) is 0 Å². The van der Waals surface area contributed by atoms with Gasteiger partial charge in [0.25, 0.3) is 0 Å². The summed E-state index contributed by atoms with van der Waals surface area (Å²) in [5.41, 5.74) is 5.43. The van der Waals surface area contributed by atoms with Crippen LogP contribution in [0.2, 0.25) is 0 Å². The van der Waals surface area contributed by atoms with Crippen molar-refractivity contribution in [3.8, 4) is 0 Å². The average molecular weight is 243 g/mol. The van der Waals surface area contributed by atoms with Gasteiger partial charge in [-0.15, -0.1) is 0 Å². The second-order valence-corrected chi connectivity index (χ2v) is 4.95. The van der Waals surface area contributed by atoms with Crippen molar-refractivity contribution in [2.45, 2.75) is 40.3 Å². The summed E-state index contributed by atoms with van der Waals surface area (Å²) in [6, 6.07) is 4.82. The standard InChI is InChI=1S/C15H21N3/c1-10-7-11(2)15(12(3)8-10)13(4)18-9-14-16-5-6-17-14/h5-8,13,18H,9H2,1-4H3,(H,16,17). The van der Waals surface area contributed by atoms with E-state index in [1.807, 2.05) is 6.20 Å². The first-order valence-corrected chi connectivity index (χ1v) is 6.37. The second-order valence-electron chi connectivity index (χ2n) is 4.95. The molecule has 1 atom stereocenters. The summed E-state index contributed by atoms with van der Waals surface area (Å²) >= 11 is 0. The predicted molar refractivity (Wildman–Crippen MR) is 74.5 cm³/mol. The van der Waals surface area contributed by atoms with Crippen molar-refractivity contribution < 1.29 is 0 Å². The van der Waals surface area contributed by atoms with Gasteiger partial charge < -0.3 is 10.3 Å². The smallest absolute Gasteiger partial charge is 0.120 e. The summed E-state index contributed by atoms with van der Waals surface area (Å²) in [4.78, 5) is 7.33. The molecular weight excluding hydrogens is 222 g/mol. The summed E-state index contributed by atoms with van der Waals surface area (Å²) in [5, 5.41) is 3.51. The number of H-pyrrole nitrogens is 1. The highest BCUT2D eigenvalue weighted by atomic mass is 15.0. The summed E-state index contributed by atoms with van der Waals surface area (Å²) < 4.78 is 0. The fraction of sp³-hybridized carbons (Fsp3) is 0.400. The third-order valence-corrected chi connectivity index (χ3v) is 3.30. The van der Waals surface area contributed by atoms with Crippen LogP contribution in [0.15, 0.2) is 24.5 Å². The fourth-order valence-corrected chi connectivity index (χ4v) is 2.62. The van der Waals surface area contributed by atoms with Crippen LogP contribution in [0.1, 0.15) is 41.0 Å². The van der Waals surface area contributed by atoms with Crippen LogP contribution in [0.4, 0.5) is 0 Å². The molecule has 0 fully saturated rings. The van der Waals surface area contributed by atoms with E-state index in [1.54, 1.807) is 6.20 Å². The number of aromatic nitrogens is 2. The van der Waals surface area contributed by atoms with E-state index in [1.165, 1.54) is 22.3 Å². The first-order chi connectivity index (χ1) is 8.58. The molecule has 0 bridgehead atoms. The monoisotopic (exact) mass is 243 g/mol. The molecule has 1 aromatic heterocycles. The van der Waals surface area contributed by atoms with Crippen LogP contribution < -0.4 is 5.32 Å². The minimum absolute atomic E-state index is 0.329. The number of hydrogen-bond acceptors (Lipinski definition) is 2. The van der Waals surface area contributed by atoms with Gasteiger partial charge >= 0.3 is 0 Å². The van der Waals surface area contributed by atoms with Crippen molar-refractivity contribution in [1.29, 1.82) is 0 Å². The largest absolute Gasteiger partial charge is 0.348 e. The molecule has 2 rings (SSSR count). The molecule has 0 aliphatic heterocycles. The first-order valence-electron chi connectivity index (χ1n) is 6.37. The summed E-state index contributed by atoms with van der Waals surface area (Å²) in [6.07, 6.45) is 3.63. The van der Waals surface area contributed by atoms with Crippen LogP contribution in [-0.4, -0.2) is 9.97 Å². The second kappa shape index (κ2) is 5.36. The van der Waals surface area contributed by atoms with Gasteiger partial charge in [0.2, 0.25) is 0 Å². The molecule has 2 N–H and O–H groups in total. The van der Waals surface area contributed by atoms with Gasteiger partial charge in [-0.3, -0.25) is 0 Å². The number of hydrogen-bond donors (Lipinski definition) is 2. The Morgan fingerprint density at radius 1 is 1.22 bits per heavy atom. The third kappa shape index (κ3) is 2.79. The molecule has 0 aliphatic rings. The maximum atomic E-state index is 4.22. The molecule has 0 saturated heterocycles. The van der Waals surface area contributed by atoms with Gasteiger partial charge in [0.05, 0.1) is 6.54 Å². The Labute approximate surface area is 109 Å². The lowest BCUT2D eigenvalue weighted by Gasteiger charge is -2.19. The van der Waals surface area contributed by atoms with Gasteiger partial charge in [0.15, 0.2) is 0 Å². The van der Waals surface area contributed by atoms with Gasteiger partial charge in [-0.1, -0.05) is 17.7 Å². The summed E-state index contributed by atoms with van der Waals surface area (Å²) in [6.45, 7) is 9.47. The Hall–Kier alpha value is -1.61. The van der Waals surface area contributed by atoms with Crippen molar-refractivity contribution in [2.24, 2.45) is 0 Å². The van der Waals surface area contributed by atoms with Crippen LogP contribution in [0.25, 0.3) is 0 Å². The van der Waals surface area contributed by atoms with E-state index in [9.17, 15) is 0 Å². The summed E-state index contributed by atoms with van der Waals surface area (Å²) in [5.74, 6) is 0.976. The number of aromatic amines is 1. The molecule has 2 aromatic rings. The number of nitrogens with one attached hydrogen (secondary N) is 2. The van der Waals surface area contributed by atoms with E-state index in [-0.39, 0.29) is 0 Å². The summed E-state index contributed by atoms with van der Waals surface area (Å²) in [7, 11) is 0. The number of nitrogens with zero attached hydrogens (tertiary/aromatic N) is 1. The van der Waals surface area contributed by atoms with E-state index in [0.29, 0.717) is 6.04 Å². The van der Waals surface area contributed by atoms with E-state index in [0.717, 1.165) is 12.4 Å². The normalized spacial score (nSPS) is 12.7. The molecule has 1 unspecified atom stereocenters. The molecule has 3 nitrogen and oxygen atoms in total. The SMILES string of the molecule is Cc1cc(C)c(C(C)NCc2ncc[nH]2)c(C)c1. The molecule has 3 heteroatoms. The minimum Gasteiger partial charge on any atom is -0.348 e. The first kappa shape index (κ1) is 12.8. The van der Waals surface area contributed by atoms with Crippen molar-refractivity contribution >= 4 is 0 Å². The highest BCUT2D eigenvalue weighted by Crippen LogP contribution is 2.23. The molecule has 0 saturated carbocycles. The predicted octanol–water partition coefficient (Wildman–Crippen LogP) is 3.19. The van der Waals surface area contributed by atoms with Crippen molar-refractivity contribution in [2.75, 3.05) is 0 Å². The molecule has 96 valence electrons. The van der Waals surface area contributed by atoms with Crippen LogP contribution >= 0.6 is 0 Å². The van der Waals surface area contributed by atoms with Crippen LogP contribution in [-0.2, 0) is 6.54 Å². The Morgan fingerprint density at radius 3 is 2.44 bits per heavy atom. The third-order valence-electron chi connectivity index (χ3n) is 3.30. The molecule has 0 aliphatic carbocycles. The fourth-order valence-electron chi connectivity index (χ4n) is 2.62. The van der Waals surface area contributed by atoms with E-state index in [2.05, 4.69) is 55.1 Å². The topological polar surface area (TPSA) is 40.7 Å². The average Bonchev–Trinajstić information content (AvgIpc) is 2.77. The van der Waals surface area contributed by atoms with Crippen LogP contribution in [0, 0.1) is 20.8 Å². The minimum atomic E-state index is 0.329. The molecule has 1 aromatic carbocycles. The Bertz CT molecular complexity index is 492. The molecule has 18 heavy (non-hydrogen) atoms. The highest BCUT2D eigenvalue weighted by Gasteiger charge is 2.11. The molecular formula is C15H21N3. The van der Waals surface area contributed by atoms with E-state index in [4.69, 9.17) is 0 Å². The maximum Gasteiger partial charge on any atom is 0.120 e. The van der Waals surface area contributed by atoms with Crippen molar-refractivity contribution in [3.05, 3.63) is 52.6 Å². The van der Waals surface area contributed by atoms with E-state index < -0.39 is 0 Å². The zero-order valence-corrected chi connectivity index (χ0v) is 11.5. The van der Waals surface area contributed by atoms with Gasteiger partial charge in [0, 0.05) is 18.4 Å². The van der Waals surface area contributed by atoms with E-state index >= 15 is 0 Å². The number of benzene rings is 1. The molecule has 0 amide bonds. The Kier molecular flexibility index (Phi) is 3.82. The highest BCUT2D eigenvalue weighted by molar-refractivity contribution is 5.39. The Morgan fingerprint density at radius 2 is 1.89 bits per heavy atom. The zero-order chi connectivity index (χ0) is 13.1. The maximum absolute atomic E-state index is 4.22. The number of imidazole rings is 1. The van der Waals surface area contributed by atoms with Gasteiger partial charge in [-0.2, -0.15) is 0 Å². The number of rotatable bonds is 4. The Balaban J connectivity index is 2.11. The lowest BCUT2D eigenvalue weighted by atomic mass is 9.95. The zero-order valence-electron chi connectivity index (χ0n) is 11.5. The van der Waals surface area contributed by atoms with Gasteiger partial charge in [-0.05, 0) is 44.4 Å². The molecule has 0 spiro atoms. The van der Waals surface area contributed by atoms with Crippen LogP contribution in [0.3, 0.4) is 0 Å². The lowest BCUT2D eigenvalue weighted by molar-refractivity contribution is 0.557. The van der Waals surface area contributed by atoms with Gasteiger partial charge in [0.1, 0.15) is 5.82 Å². The lowest BCUT2D eigenvalue weighted by Crippen LogP contribution is -2.20. The number of aryl methyl sites for hydroxylation is 3. The quantitative estimate of drug-likeness (QED) is 0.866. The van der Waals surface area contributed by atoms with Crippen LogP contribution in [0.5, 0.6) is 0 Å². The van der Waals surface area contributed by atoms with Crippen molar-refractivity contribution in [1.82, 2.24) is 15.3 Å². The van der Waals surface area contributed by atoms with Gasteiger partial charge in [-0.25, -0.2) is 4.98 Å².